The molecule has 0 aliphatic rings. The Morgan fingerprint density at radius 3 is 2.67 bits per heavy atom. The summed E-state index contributed by atoms with van der Waals surface area (Å²) >= 11 is 6.17. The number of amides is 1. The highest BCUT2D eigenvalue weighted by Gasteiger charge is 2.12. The second-order valence-corrected chi connectivity index (χ2v) is 8.07. The van der Waals surface area contributed by atoms with Crippen LogP contribution in [0.3, 0.4) is 0 Å². The summed E-state index contributed by atoms with van der Waals surface area (Å²) in [7, 11) is 1.58. The van der Waals surface area contributed by atoms with Crippen molar-refractivity contribution in [3.63, 3.8) is 0 Å². The molecule has 4 aromatic rings. The fraction of sp³-hybridized carbons (Fsp3) is 0.154. The summed E-state index contributed by atoms with van der Waals surface area (Å²) in [6.07, 6.45) is 2.71. The van der Waals surface area contributed by atoms with E-state index in [2.05, 4.69) is 26.7 Å². The van der Waals surface area contributed by atoms with Crippen molar-refractivity contribution in [3.05, 3.63) is 94.6 Å². The summed E-state index contributed by atoms with van der Waals surface area (Å²) in [5.41, 5.74) is 4.50. The average Bonchev–Trinajstić information content (AvgIpc) is 3.23. The number of hydrogen-bond acceptors (Lipinski definition) is 3. The van der Waals surface area contributed by atoms with Crippen molar-refractivity contribution >= 4 is 40.1 Å². The SMILES string of the molecule is COc1ccc(Cl)cc1NC(=NCCc1c[nH]c2ccccc12)NC(=O)c1ccc(C)cc1. The molecule has 7 heteroatoms. The van der Waals surface area contributed by atoms with Crippen LogP contribution in [0, 0.1) is 6.92 Å². The molecule has 0 saturated carbocycles. The summed E-state index contributed by atoms with van der Waals surface area (Å²) < 4.78 is 5.42. The number of carbonyl (C=O) groups excluding carboxylic acids is 1. The number of methoxy groups -OCH3 is 1. The molecule has 4 rings (SSSR count). The lowest BCUT2D eigenvalue weighted by atomic mass is 10.1. The van der Waals surface area contributed by atoms with Gasteiger partial charge in [-0.05, 0) is 55.3 Å². The predicted octanol–water partition coefficient (Wildman–Crippen LogP) is 5.58. The van der Waals surface area contributed by atoms with Crippen LogP contribution in [0.1, 0.15) is 21.5 Å². The van der Waals surface area contributed by atoms with Crippen LogP contribution in [0.4, 0.5) is 5.69 Å². The fourth-order valence-electron chi connectivity index (χ4n) is 3.53. The van der Waals surface area contributed by atoms with E-state index in [1.807, 2.05) is 43.5 Å². The number of para-hydroxylation sites is 1. The molecule has 0 radical (unpaired) electrons. The summed E-state index contributed by atoms with van der Waals surface area (Å²) in [5, 5.41) is 7.76. The molecule has 0 bridgehead atoms. The van der Waals surface area contributed by atoms with Crippen LogP contribution < -0.4 is 15.4 Å². The summed E-state index contributed by atoms with van der Waals surface area (Å²) in [4.78, 5) is 20.8. The Hall–Kier alpha value is -3.77. The van der Waals surface area contributed by atoms with E-state index in [0.29, 0.717) is 40.9 Å². The van der Waals surface area contributed by atoms with Crippen molar-refractivity contribution in [1.29, 1.82) is 0 Å². The fourth-order valence-corrected chi connectivity index (χ4v) is 3.70. The first-order valence-electron chi connectivity index (χ1n) is 10.6. The Morgan fingerprint density at radius 1 is 1.09 bits per heavy atom. The van der Waals surface area contributed by atoms with Crippen molar-refractivity contribution in [2.45, 2.75) is 13.3 Å². The van der Waals surface area contributed by atoms with Gasteiger partial charge in [0.05, 0.1) is 12.8 Å². The maximum Gasteiger partial charge on any atom is 0.257 e. The minimum absolute atomic E-state index is 0.255. The molecule has 0 spiro atoms. The first kappa shape index (κ1) is 22.4. The Kier molecular flexibility index (Phi) is 6.95. The first-order chi connectivity index (χ1) is 16.0. The zero-order valence-electron chi connectivity index (χ0n) is 18.5. The van der Waals surface area contributed by atoms with E-state index < -0.39 is 0 Å². The van der Waals surface area contributed by atoms with Crippen molar-refractivity contribution in [1.82, 2.24) is 10.3 Å². The number of hydrogen-bond donors (Lipinski definition) is 3. The average molecular weight is 461 g/mol. The monoisotopic (exact) mass is 460 g/mol. The number of aromatic nitrogens is 1. The molecule has 1 heterocycles. The molecule has 0 atom stereocenters. The lowest BCUT2D eigenvalue weighted by molar-refractivity contribution is 0.0977. The number of benzene rings is 3. The summed E-state index contributed by atoms with van der Waals surface area (Å²) in [6.45, 7) is 2.45. The molecular formula is C26H25ClN4O2. The van der Waals surface area contributed by atoms with Gasteiger partial charge < -0.3 is 15.0 Å². The summed E-state index contributed by atoms with van der Waals surface area (Å²) in [5.74, 6) is 0.656. The molecule has 0 aliphatic carbocycles. The number of rotatable bonds is 6. The molecule has 1 aromatic heterocycles. The molecule has 33 heavy (non-hydrogen) atoms. The number of H-pyrrole nitrogens is 1. The topological polar surface area (TPSA) is 78.5 Å². The van der Waals surface area contributed by atoms with Crippen molar-refractivity contribution in [2.75, 3.05) is 19.0 Å². The number of ether oxygens (including phenoxy) is 1. The van der Waals surface area contributed by atoms with Crippen LogP contribution in [-0.2, 0) is 6.42 Å². The van der Waals surface area contributed by atoms with Crippen LogP contribution in [0.2, 0.25) is 5.02 Å². The zero-order chi connectivity index (χ0) is 23.2. The van der Waals surface area contributed by atoms with Crippen LogP contribution >= 0.6 is 11.6 Å². The van der Waals surface area contributed by atoms with Gasteiger partial charge in [0.2, 0.25) is 5.96 Å². The molecule has 168 valence electrons. The molecule has 1 amide bonds. The maximum atomic E-state index is 12.9. The Balaban J connectivity index is 1.56. The summed E-state index contributed by atoms with van der Waals surface area (Å²) in [6, 6.07) is 20.7. The Morgan fingerprint density at radius 2 is 1.88 bits per heavy atom. The number of guanidine groups is 1. The van der Waals surface area contributed by atoms with Crippen LogP contribution in [0.5, 0.6) is 5.75 Å². The lowest BCUT2D eigenvalue weighted by Gasteiger charge is -2.15. The van der Waals surface area contributed by atoms with Gasteiger partial charge in [-0.25, -0.2) is 0 Å². The van der Waals surface area contributed by atoms with Crippen LogP contribution in [0.25, 0.3) is 10.9 Å². The van der Waals surface area contributed by atoms with Gasteiger partial charge in [-0.2, -0.15) is 0 Å². The van der Waals surface area contributed by atoms with Crippen LogP contribution in [0.15, 0.2) is 77.9 Å². The number of fused-ring (bicyclic) bond motifs is 1. The number of nitrogens with zero attached hydrogens (tertiary/aromatic N) is 1. The number of aromatic amines is 1. The van der Waals surface area contributed by atoms with E-state index in [1.54, 1.807) is 37.4 Å². The van der Waals surface area contributed by atoms with Gasteiger partial charge in [0.25, 0.3) is 5.91 Å². The van der Waals surface area contributed by atoms with Gasteiger partial charge >= 0.3 is 0 Å². The highest BCUT2D eigenvalue weighted by Crippen LogP contribution is 2.27. The van der Waals surface area contributed by atoms with E-state index >= 15 is 0 Å². The molecule has 0 saturated heterocycles. The second kappa shape index (κ2) is 10.2. The number of anilines is 1. The highest BCUT2D eigenvalue weighted by molar-refractivity contribution is 6.31. The molecule has 0 unspecified atom stereocenters. The standard InChI is InChI=1S/C26H25ClN4O2/c1-17-7-9-18(10-8-17)25(32)31-26(30-23-15-20(27)11-12-24(23)33-2)28-14-13-19-16-29-22-6-4-3-5-21(19)22/h3-12,15-16,29H,13-14H2,1-2H3,(H2,28,30,31,32). The van der Waals surface area contributed by atoms with E-state index in [0.717, 1.165) is 11.1 Å². The van der Waals surface area contributed by atoms with Gasteiger partial charge in [-0.15, -0.1) is 0 Å². The predicted molar refractivity (Wildman–Crippen MR) is 135 cm³/mol. The third kappa shape index (κ3) is 5.54. The number of nitrogens with one attached hydrogen (secondary N) is 3. The normalized spacial score (nSPS) is 11.4. The molecule has 3 aromatic carbocycles. The van der Waals surface area contributed by atoms with Gasteiger partial charge in [0, 0.05) is 34.2 Å². The van der Waals surface area contributed by atoms with Gasteiger partial charge in [0.15, 0.2) is 0 Å². The molecule has 3 N–H and O–H groups in total. The number of aliphatic imine (C=N–C) groups is 1. The molecule has 6 nitrogen and oxygen atoms in total. The zero-order valence-corrected chi connectivity index (χ0v) is 19.2. The minimum atomic E-state index is -0.255. The van der Waals surface area contributed by atoms with Crippen LogP contribution in [-0.4, -0.2) is 30.5 Å². The quantitative estimate of drug-likeness (QED) is 0.259. The number of aryl methyl sites for hydroxylation is 1. The number of halogens is 1. The Labute approximate surface area is 197 Å². The highest BCUT2D eigenvalue weighted by atomic mass is 35.5. The number of carbonyl (C=O) groups is 1. The smallest absolute Gasteiger partial charge is 0.257 e. The van der Waals surface area contributed by atoms with Gasteiger partial charge in [-0.1, -0.05) is 47.5 Å². The largest absolute Gasteiger partial charge is 0.495 e. The molecular weight excluding hydrogens is 436 g/mol. The Bertz CT molecular complexity index is 1300. The van der Waals surface area contributed by atoms with Crippen molar-refractivity contribution in [2.24, 2.45) is 4.99 Å². The maximum absolute atomic E-state index is 12.9. The van der Waals surface area contributed by atoms with E-state index in [1.165, 1.54) is 10.9 Å². The third-order valence-corrected chi connectivity index (χ3v) is 5.52. The van der Waals surface area contributed by atoms with Gasteiger partial charge in [-0.3, -0.25) is 15.1 Å². The van der Waals surface area contributed by atoms with Crippen molar-refractivity contribution in [3.8, 4) is 5.75 Å². The molecule has 0 aliphatic heterocycles. The van der Waals surface area contributed by atoms with Gasteiger partial charge in [0.1, 0.15) is 5.75 Å². The van der Waals surface area contributed by atoms with Crippen molar-refractivity contribution < 1.29 is 9.53 Å². The molecule has 0 fully saturated rings. The first-order valence-corrected chi connectivity index (χ1v) is 11.0. The van der Waals surface area contributed by atoms with E-state index in [4.69, 9.17) is 16.3 Å². The minimum Gasteiger partial charge on any atom is -0.495 e. The lowest BCUT2D eigenvalue weighted by Crippen LogP contribution is -2.36. The third-order valence-electron chi connectivity index (χ3n) is 5.29. The second-order valence-electron chi connectivity index (χ2n) is 7.63. The van der Waals surface area contributed by atoms with E-state index in [-0.39, 0.29) is 5.91 Å². The van der Waals surface area contributed by atoms with E-state index in [9.17, 15) is 4.79 Å².